The van der Waals surface area contributed by atoms with Crippen LogP contribution in [0.3, 0.4) is 0 Å². The van der Waals surface area contributed by atoms with E-state index < -0.39 is 24.4 Å². The number of esters is 1. The molecule has 0 unspecified atom stereocenters. The fourth-order valence-corrected chi connectivity index (χ4v) is 4.03. The Hall–Kier alpha value is -4.64. The van der Waals surface area contributed by atoms with Gasteiger partial charge >= 0.3 is 5.97 Å². The number of rotatable bonds is 9. The van der Waals surface area contributed by atoms with Gasteiger partial charge in [0.25, 0.3) is 11.8 Å². The van der Waals surface area contributed by atoms with Crippen molar-refractivity contribution in [2.24, 2.45) is 0 Å². The summed E-state index contributed by atoms with van der Waals surface area (Å²) in [6, 6.07) is 13.7. The van der Waals surface area contributed by atoms with Crippen molar-refractivity contribution in [2.45, 2.75) is 6.92 Å². The van der Waals surface area contributed by atoms with Crippen molar-refractivity contribution in [1.82, 2.24) is 4.98 Å². The van der Waals surface area contributed by atoms with Crippen molar-refractivity contribution >= 4 is 39.9 Å². The number of thiazole rings is 1. The van der Waals surface area contributed by atoms with Crippen LogP contribution >= 0.6 is 11.3 Å². The molecule has 0 atom stereocenters. The second-order valence-corrected chi connectivity index (χ2v) is 8.57. The Morgan fingerprint density at radius 2 is 1.73 bits per heavy atom. The van der Waals surface area contributed by atoms with Gasteiger partial charge in [0.1, 0.15) is 0 Å². The maximum atomic E-state index is 12.9. The maximum Gasteiger partial charge on any atom is 0.340 e. The van der Waals surface area contributed by atoms with Crippen LogP contribution in [0.1, 0.15) is 26.5 Å². The Morgan fingerprint density at radius 1 is 1.00 bits per heavy atom. The van der Waals surface area contributed by atoms with Gasteiger partial charge in [0, 0.05) is 23.1 Å². The lowest BCUT2D eigenvalue weighted by Gasteiger charge is -2.15. The average Bonchev–Trinajstić information content (AvgIpc) is 3.60. The molecule has 0 aliphatic carbocycles. The number of benzene rings is 2. The van der Waals surface area contributed by atoms with Crippen LogP contribution in [0.4, 0.5) is 10.8 Å². The number of aryl methyl sites for hydroxylation is 1. The molecule has 10 nitrogen and oxygen atoms in total. The number of carbonyl (C=O) groups excluding carboxylic acids is 3. The van der Waals surface area contributed by atoms with Crippen LogP contribution in [0.15, 0.2) is 64.6 Å². The van der Waals surface area contributed by atoms with Crippen LogP contribution in [-0.2, 0) is 9.53 Å². The maximum absolute atomic E-state index is 12.9. The largest absolute Gasteiger partial charge is 0.493 e. The number of anilines is 2. The predicted molar refractivity (Wildman–Crippen MR) is 137 cm³/mol. The summed E-state index contributed by atoms with van der Waals surface area (Å²) in [4.78, 5) is 42.2. The summed E-state index contributed by atoms with van der Waals surface area (Å²) < 4.78 is 20.8. The highest BCUT2D eigenvalue weighted by molar-refractivity contribution is 7.14. The van der Waals surface area contributed by atoms with Gasteiger partial charge in [0.2, 0.25) is 0 Å². The summed E-state index contributed by atoms with van der Waals surface area (Å²) in [5.74, 6) is -1.45. The number of methoxy groups -OCH3 is 2. The van der Waals surface area contributed by atoms with Gasteiger partial charge in [-0.1, -0.05) is 29.8 Å². The number of aromatic nitrogens is 1. The first kappa shape index (κ1) is 25.5. The minimum Gasteiger partial charge on any atom is -0.493 e. The van der Waals surface area contributed by atoms with E-state index in [0.29, 0.717) is 5.13 Å². The van der Waals surface area contributed by atoms with Crippen molar-refractivity contribution in [3.63, 3.8) is 0 Å². The van der Waals surface area contributed by atoms with Gasteiger partial charge in [-0.2, -0.15) is 0 Å². The lowest BCUT2D eigenvalue weighted by Crippen LogP contribution is -2.22. The first-order chi connectivity index (χ1) is 17.9. The van der Waals surface area contributed by atoms with Crippen molar-refractivity contribution in [3.05, 3.63) is 77.1 Å². The van der Waals surface area contributed by atoms with Crippen molar-refractivity contribution in [1.29, 1.82) is 0 Å². The molecule has 0 fully saturated rings. The quantitative estimate of drug-likeness (QED) is 0.301. The molecule has 2 amide bonds. The zero-order valence-corrected chi connectivity index (χ0v) is 21.0. The first-order valence-electron chi connectivity index (χ1n) is 11.0. The van der Waals surface area contributed by atoms with E-state index in [1.807, 2.05) is 36.6 Å². The van der Waals surface area contributed by atoms with Crippen molar-refractivity contribution < 1.29 is 33.0 Å². The molecule has 0 saturated heterocycles. The standard InChI is InChI=1S/C26H23N3O7S/c1-15-6-8-16(9-7-15)19-14-37-26(28-19)29-23(30)13-36-25(32)17-11-21(33-2)22(34-3)12-18(17)27-24(31)20-5-4-10-35-20/h4-12,14H,13H2,1-3H3,(H,27,31)(H,28,29,30). The SMILES string of the molecule is COc1cc(NC(=O)c2ccco2)c(C(=O)OCC(=O)Nc2nc(-c3ccc(C)cc3)cs2)cc1OC. The Balaban J connectivity index is 1.44. The molecule has 190 valence electrons. The Kier molecular flexibility index (Phi) is 7.84. The molecule has 4 aromatic rings. The molecule has 0 aliphatic rings. The van der Waals surface area contributed by atoms with Crippen molar-refractivity contribution in [3.8, 4) is 22.8 Å². The fraction of sp³-hybridized carbons (Fsp3) is 0.154. The molecule has 0 saturated carbocycles. The third kappa shape index (κ3) is 6.14. The molecular weight excluding hydrogens is 498 g/mol. The zero-order valence-electron chi connectivity index (χ0n) is 20.2. The molecule has 11 heteroatoms. The molecule has 2 aromatic heterocycles. The molecule has 0 spiro atoms. The summed E-state index contributed by atoms with van der Waals surface area (Å²) in [5.41, 5.74) is 2.83. The Morgan fingerprint density at radius 3 is 2.41 bits per heavy atom. The normalized spacial score (nSPS) is 10.5. The van der Waals surface area contributed by atoms with E-state index in [0.717, 1.165) is 16.8 Å². The molecule has 2 heterocycles. The average molecular weight is 522 g/mol. The summed E-state index contributed by atoms with van der Waals surface area (Å²) >= 11 is 1.25. The fourth-order valence-electron chi connectivity index (χ4n) is 3.30. The minimum absolute atomic E-state index is 0.0405. The van der Waals surface area contributed by atoms with E-state index in [1.54, 1.807) is 6.07 Å². The van der Waals surface area contributed by atoms with E-state index in [1.165, 1.54) is 50.0 Å². The summed E-state index contributed by atoms with van der Waals surface area (Å²) in [6.07, 6.45) is 1.35. The van der Waals surface area contributed by atoms with Crippen LogP contribution in [0, 0.1) is 6.92 Å². The minimum atomic E-state index is -0.856. The van der Waals surface area contributed by atoms with Gasteiger partial charge in [0.05, 0.1) is 37.4 Å². The van der Waals surface area contributed by atoms with Gasteiger partial charge in [-0.25, -0.2) is 9.78 Å². The van der Waals surface area contributed by atoms with Crippen LogP contribution in [0.2, 0.25) is 0 Å². The monoisotopic (exact) mass is 521 g/mol. The molecule has 0 bridgehead atoms. The number of ether oxygens (including phenoxy) is 3. The number of amides is 2. The van der Waals surface area contributed by atoms with Gasteiger partial charge < -0.3 is 23.9 Å². The zero-order chi connectivity index (χ0) is 26.4. The van der Waals surface area contributed by atoms with E-state index in [9.17, 15) is 14.4 Å². The molecule has 0 radical (unpaired) electrons. The van der Waals surface area contributed by atoms with Gasteiger partial charge in [0.15, 0.2) is 29.0 Å². The molecule has 2 aromatic carbocycles. The van der Waals surface area contributed by atoms with E-state index >= 15 is 0 Å². The Bertz CT molecular complexity index is 1410. The van der Waals surface area contributed by atoms with Crippen LogP contribution in [-0.4, -0.2) is 43.6 Å². The number of hydrogen-bond donors (Lipinski definition) is 2. The van der Waals surface area contributed by atoms with Crippen LogP contribution < -0.4 is 20.1 Å². The highest BCUT2D eigenvalue weighted by Crippen LogP contribution is 2.34. The van der Waals surface area contributed by atoms with E-state index in [2.05, 4.69) is 15.6 Å². The molecule has 4 rings (SSSR count). The number of carbonyl (C=O) groups is 3. The lowest BCUT2D eigenvalue weighted by molar-refractivity contribution is -0.119. The number of nitrogens with zero attached hydrogens (tertiary/aromatic N) is 1. The second kappa shape index (κ2) is 11.4. The highest BCUT2D eigenvalue weighted by atomic mass is 32.1. The molecular formula is C26H23N3O7S. The smallest absolute Gasteiger partial charge is 0.340 e. The topological polar surface area (TPSA) is 129 Å². The number of hydrogen-bond acceptors (Lipinski definition) is 9. The van der Waals surface area contributed by atoms with E-state index in [-0.39, 0.29) is 28.5 Å². The van der Waals surface area contributed by atoms with Gasteiger partial charge in [-0.3, -0.25) is 14.9 Å². The van der Waals surface area contributed by atoms with Crippen LogP contribution in [0.25, 0.3) is 11.3 Å². The third-order valence-corrected chi connectivity index (χ3v) is 5.93. The molecule has 37 heavy (non-hydrogen) atoms. The Labute approximate surface area is 216 Å². The van der Waals surface area contributed by atoms with Crippen molar-refractivity contribution in [2.75, 3.05) is 31.5 Å². The number of furan rings is 1. The predicted octanol–water partition coefficient (Wildman–Crippen LogP) is 4.78. The highest BCUT2D eigenvalue weighted by Gasteiger charge is 2.22. The summed E-state index contributed by atoms with van der Waals surface area (Å²) in [7, 11) is 2.82. The van der Waals surface area contributed by atoms with Gasteiger partial charge in [-0.05, 0) is 19.1 Å². The van der Waals surface area contributed by atoms with Crippen LogP contribution in [0.5, 0.6) is 11.5 Å². The molecule has 2 N–H and O–H groups in total. The van der Waals surface area contributed by atoms with Gasteiger partial charge in [-0.15, -0.1) is 11.3 Å². The molecule has 0 aliphatic heterocycles. The third-order valence-electron chi connectivity index (χ3n) is 5.17. The first-order valence-corrected chi connectivity index (χ1v) is 11.9. The summed E-state index contributed by atoms with van der Waals surface area (Å²) in [5, 5.41) is 7.40. The number of nitrogens with one attached hydrogen (secondary N) is 2. The second-order valence-electron chi connectivity index (χ2n) is 7.71. The lowest BCUT2D eigenvalue weighted by atomic mass is 10.1. The summed E-state index contributed by atoms with van der Waals surface area (Å²) in [6.45, 7) is 1.42. The van der Waals surface area contributed by atoms with E-state index in [4.69, 9.17) is 18.6 Å².